The van der Waals surface area contributed by atoms with E-state index in [1.54, 1.807) is 0 Å². The summed E-state index contributed by atoms with van der Waals surface area (Å²) in [5, 5.41) is 0. The van der Waals surface area contributed by atoms with Gasteiger partial charge in [0.2, 0.25) is 0 Å². The Morgan fingerprint density at radius 2 is 0.875 bits per heavy atom. The van der Waals surface area contributed by atoms with Crippen LogP contribution in [0.3, 0.4) is 0 Å². The highest BCUT2D eigenvalue weighted by molar-refractivity contribution is 5.81. The Morgan fingerprint density at radius 1 is 0.550 bits per heavy atom. The maximum atomic E-state index is 6.41. The van der Waals surface area contributed by atoms with Crippen molar-refractivity contribution in [3.63, 3.8) is 0 Å². The van der Waals surface area contributed by atoms with Gasteiger partial charge in [-0.15, -0.1) is 0 Å². The summed E-state index contributed by atoms with van der Waals surface area (Å²) >= 11 is 0. The van der Waals surface area contributed by atoms with Gasteiger partial charge >= 0.3 is 0 Å². The fourth-order valence-electron chi connectivity index (χ4n) is 5.27. The van der Waals surface area contributed by atoms with Crippen molar-refractivity contribution < 1.29 is 0 Å². The van der Waals surface area contributed by atoms with Gasteiger partial charge in [-0.3, -0.25) is 0 Å². The molecule has 2 unspecified atom stereocenters. The van der Waals surface area contributed by atoms with Crippen molar-refractivity contribution in [2.75, 3.05) is 9.80 Å². The molecule has 0 fully saturated rings. The SMILES string of the molecule is CCC(C)(c1ccc(N(c2ccccc2)c2ccc(N(c3ccccc3)c3ccc(C)cc3)cc2)cc1)C(C)N. The molecule has 3 heteroatoms. The second-order valence-corrected chi connectivity index (χ2v) is 10.8. The van der Waals surface area contributed by atoms with Gasteiger partial charge in [0.05, 0.1) is 0 Å². The molecule has 202 valence electrons. The number of aryl methyl sites for hydroxylation is 1. The predicted molar refractivity (Wildman–Crippen MR) is 172 cm³/mol. The summed E-state index contributed by atoms with van der Waals surface area (Å²) in [7, 11) is 0. The normalized spacial score (nSPS) is 13.3. The standard InChI is InChI=1S/C37H39N3/c1-5-37(4,29(3)38)30-18-22-34(23-19-30)40(32-14-10-7-11-15-32)36-26-24-35(25-27-36)39(31-12-8-6-9-13-31)33-20-16-28(2)17-21-33/h6-27,29H,5,38H2,1-4H3. The third-order valence-corrected chi connectivity index (χ3v) is 8.21. The fraction of sp³-hybridized carbons (Fsp3) is 0.189. The molecule has 0 amide bonds. The van der Waals surface area contributed by atoms with E-state index in [2.05, 4.69) is 171 Å². The van der Waals surface area contributed by atoms with Crippen LogP contribution in [0.2, 0.25) is 0 Å². The monoisotopic (exact) mass is 525 g/mol. The van der Waals surface area contributed by atoms with Crippen LogP contribution in [-0.2, 0) is 5.41 Å². The number of rotatable bonds is 9. The Kier molecular flexibility index (Phi) is 8.04. The van der Waals surface area contributed by atoms with Gasteiger partial charge in [0.25, 0.3) is 0 Å². The van der Waals surface area contributed by atoms with E-state index in [1.807, 2.05) is 0 Å². The summed E-state index contributed by atoms with van der Waals surface area (Å²) < 4.78 is 0. The van der Waals surface area contributed by atoms with Crippen LogP contribution in [-0.4, -0.2) is 6.04 Å². The first-order chi connectivity index (χ1) is 19.4. The molecule has 40 heavy (non-hydrogen) atoms. The lowest BCUT2D eigenvalue weighted by Crippen LogP contribution is -2.40. The summed E-state index contributed by atoms with van der Waals surface area (Å²) in [4.78, 5) is 4.60. The zero-order valence-electron chi connectivity index (χ0n) is 24.0. The van der Waals surface area contributed by atoms with Gasteiger partial charge in [-0.1, -0.05) is 80.1 Å². The zero-order chi connectivity index (χ0) is 28.1. The lowest BCUT2D eigenvalue weighted by atomic mass is 9.75. The summed E-state index contributed by atoms with van der Waals surface area (Å²) in [6.45, 7) is 8.69. The number of para-hydroxylation sites is 2. The maximum absolute atomic E-state index is 6.41. The molecule has 3 nitrogen and oxygen atoms in total. The quantitative estimate of drug-likeness (QED) is 0.208. The van der Waals surface area contributed by atoms with Crippen molar-refractivity contribution in [2.24, 2.45) is 5.73 Å². The van der Waals surface area contributed by atoms with Gasteiger partial charge in [-0.05, 0) is 98.6 Å². The lowest BCUT2D eigenvalue weighted by molar-refractivity contribution is 0.381. The molecule has 0 saturated heterocycles. The molecule has 5 rings (SSSR count). The molecule has 0 bridgehead atoms. The Bertz CT molecular complexity index is 1490. The van der Waals surface area contributed by atoms with E-state index in [0.717, 1.165) is 40.5 Å². The third kappa shape index (κ3) is 5.52. The third-order valence-electron chi connectivity index (χ3n) is 8.21. The molecule has 0 aliphatic heterocycles. The smallest absolute Gasteiger partial charge is 0.0463 e. The molecule has 0 aliphatic carbocycles. The van der Waals surface area contributed by atoms with Crippen molar-refractivity contribution in [3.05, 3.63) is 145 Å². The number of benzene rings is 5. The molecule has 0 spiro atoms. The first-order valence-corrected chi connectivity index (χ1v) is 14.1. The van der Waals surface area contributed by atoms with Crippen LogP contribution >= 0.6 is 0 Å². The van der Waals surface area contributed by atoms with E-state index in [9.17, 15) is 0 Å². The highest BCUT2D eigenvalue weighted by atomic mass is 15.2. The fourth-order valence-corrected chi connectivity index (χ4v) is 5.27. The van der Waals surface area contributed by atoms with Crippen LogP contribution in [0, 0.1) is 6.92 Å². The number of hydrogen-bond acceptors (Lipinski definition) is 3. The summed E-state index contributed by atoms with van der Waals surface area (Å²) in [5.41, 5.74) is 15.6. The number of nitrogens with zero attached hydrogens (tertiary/aromatic N) is 2. The minimum absolute atomic E-state index is 0.0609. The second-order valence-electron chi connectivity index (χ2n) is 10.8. The number of anilines is 6. The average Bonchev–Trinajstić information content (AvgIpc) is 3.00. The Hall–Kier alpha value is -4.34. The first kappa shape index (κ1) is 27.2. The Morgan fingerprint density at radius 3 is 1.23 bits per heavy atom. The molecule has 2 N–H and O–H groups in total. The number of hydrogen-bond donors (Lipinski definition) is 1. The van der Waals surface area contributed by atoms with Crippen LogP contribution < -0.4 is 15.5 Å². The van der Waals surface area contributed by atoms with E-state index in [1.165, 1.54) is 11.1 Å². The van der Waals surface area contributed by atoms with Crippen molar-refractivity contribution >= 4 is 34.1 Å². The maximum Gasteiger partial charge on any atom is 0.0463 e. The van der Waals surface area contributed by atoms with Gasteiger partial charge in [0, 0.05) is 45.6 Å². The highest BCUT2D eigenvalue weighted by Crippen LogP contribution is 2.40. The molecule has 0 aliphatic rings. The van der Waals surface area contributed by atoms with Crippen molar-refractivity contribution in [1.82, 2.24) is 0 Å². The largest absolute Gasteiger partial charge is 0.327 e. The van der Waals surface area contributed by atoms with E-state index in [-0.39, 0.29) is 11.5 Å². The van der Waals surface area contributed by atoms with Gasteiger partial charge in [0.15, 0.2) is 0 Å². The van der Waals surface area contributed by atoms with Gasteiger partial charge in [0.1, 0.15) is 0 Å². The molecular formula is C37H39N3. The van der Waals surface area contributed by atoms with Crippen molar-refractivity contribution in [3.8, 4) is 0 Å². The van der Waals surface area contributed by atoms with Gasteiger partial charge in [-0.2, -0.15) is 0 Å². The molecule has 0 aromatic heterocycles. The number of nitrogens with two attached hydrogens (primary N) is 1. The molecule has 0 radical (unpaired) electrons. The van der Waals surface area contributed by atoms with Gasteiger partial charge in [-0.25, -0.2) is 0 Å². The van der Waals surface area contributed by atoms with E-state index >= 15 is 0 Å². The molecule has 0 heterocycles. The van der Waals surface area contributed by atoms with Gasteiger partial charge < -0.3 is 15.5 Å². The summed E-state index contributed by atoms with van der Waals surface area (Å²) in [6.07, 6.45) is 0.993. The van der Waals surface area contributed by atoms with E-state index < -0.39 is 0 Å². The summed E-state index contributed by atoms with van der Waals surface area (Å²) in [5.74, 6) is 0. The first-order valence-electron chi connectivity index (χ1n) is 14.1. The van der Waals surface area contributed by atoms with Crippen molar-refractivity contribution in [2.45, 2.75) is 45.6 Å². The highest BCUT2D eigenvalue weighted by Gasteiger charge is 2.29. The molecule has 2 atom stereocenters. The minimum atomic E-state index is -0.0609. The zero-order valence-corrected chi connectivity index (χ0v) is 24.0. The molecule has 5 aromatic carbocycles. The van der Waals surface area contributed by atoms with Crippen molar-refractivity contribution in [1.29, 1.82) is 0 Å². The van der Waals surface area contributed by atoms with Crippen LogP contribution in [0.5, 0.6) is 0 Å². The second kappa shape index (κ2) is 11.8. The Balaban J connectivity index is 1.54. The predicted octanol–water partition coefficient (Wildman–Crippen LogP) is 9.95. The van der Waals surface area contributed by atoms with Crippen LogP contribution in [0.25, 0.3) is 0 Å². The van der Waals surface area contributed by atoms with E-state index in [0.29, 0.717) is 0 Å². The van der Waals surface area contributed by atoms with E-state index in [4.69, 9.17) is 5.73 Å². The lowest BCUT2D eigenvalue weighted by Gasteiger charge is -2.34. The topological polar surface area (TPSA) is 32.5 Å². The summed E-state index contributed by atoms with van der Waals surface area (Å²) in [6, 6.07) is 47.6. The Labute approximate surface area is 239 Å². The average molecular weight is 526 g/mol. The van der Waals surface area contributed by atoms with Crippen LogP contribution in [0.1, 0.15) is 38.3 Å². The molecule has 5 aromatic rings. The van der Waals surface area contributed by atoms with Crippen LogP contribution in [0.15, 0.2) is 133 Å². The van der Waals surface area contributed by atoms with Crippen LogP contribution in [0.4, 0.5) is 34.1 Å². The molecule has 0 saturated carbocycles. The molecular weight excluding hydrogens is 486 g/mol. The minimum Gasteiger partial charge on any atom is -0.327 e.